The SMILES string of the molecule is CCc1ncc(CNc2cc(Cl)cc3cccnc23)s1. The normalized spacial score (nSPS) is 10.9. The Labute approximate surface area is 126 Å². The van der Waals surface area contributed by atoms with Gasteiger partial charge in [-0.3, -0.25) is 4.98 Å². The zero-order valence-corrected chi connectivity index (χ0v) is 12.6. The highest BCUT2D eigenvalue weighted by molar-refractivity contribution is 7.11. The summed E-state index contributed by atoms with van der Waals surface area (Å²) in [6, 6.07) is 7.77. The fourth-order valence-corrected chi connectivity index (χ4v) is 3.09. The second-order valence-electron chi connectivity index (χ2n) is 4.46. The molecule has 5 heteroatoms. The summed E-state index contributed by atoms with van der Waals surface area (Å²) < 4.78 is 0. The van der Waals surface area contributed by atoms with Crippen LogP contribution in [-0.4, -0.2) is 9.97 Å². The topological polar surface area (TPSA) is 37.8 Å². The second-order valence-corrected chi connectivity index (χ2v) is 6.09. The van der Waals surface area contributed by atoms with E-state index >= 15 is 0 Å². The molecule has 0 spiro atoms. The lowest BCUT2D eigenvalue weighted by Gasteiger charge is -2.08. The number of benzene rings is 1. The van der Waals surface area contributed by atoms with Gasteiger partial charge in [0.1, 0.15) is 0 Å². The Balaban J connectivity index is 1.86. The summed E-state index contributed by atoms with van der Waals surface area (Å²) in [7, 11) is 0. The molecule has 2 aromatic heterocycles. The maximum absolute atomic E-state index is 6.15. The van der Waals surface area contributed by atoms with E-state index in [0.29, 0.717) is 5.02 Å². The Bertz CT molecular complexity index is 739. The molecule has 3 aromatic rings. The molecule has 3 nitrogen and oxygen atoms in total. The number of thiazole rings is 1. The van der Waals surface area contributed by atoms with E-state index in [1.54, 1.807) is 17.5 Å². The first kappa shape index (κ1) is 13.3. The Morgan fingerprint density at radius 2 is 2.20 bits per heavy atom. The standard InChI is InChI=1S/C15H14ClN3S/c1-2-14-19-9-12(20-14)8-18-13-7-11(16)6-10-4-3-5-17-15(10)13/h3-7,9,18H,2,8H2,1H3. The molecule has 1 N–H and O–H groups in total. The van der Waals surface area contributed by atoms with Crippen molar-refractivity contribution in [1.82, 2.24) is 9.97 Å². The fraction of sp³-hybridized carbons (Fsp3) is 0.200. The molecular formula is C15H14ClN3S. The van der Waals surface area contributed by atoms with Gasteiger partial charge in [0.05, 0.1) is 22.8 Å². The number of halogens is 1. The minimum atomic E-state index is 0.714. The average Bonchev–Trinajstić information content (AvgIpc) is 2.92. The summed E-state index contributed by atoms with van der Waals surface area (Å²) in [5, 5.41) is 6.33. The van der Waals surface area contributed by atoms with Crippen molar-refractivity contribution >= 4 is 39.5 Å². The molecule has 0 bridgehead atoms. The summed E-state index contributed by atoms with van der Waals surface area (Å²) in [6.45, 7) is 2.86. The first-order chi connectivity index (χ1) is 9.76. The first-order valence-corrected chi connectivity index (χ1v) is 7.67. The number of fused-ring (bicyclic) bond motifs is 1. The van der Waals surface area contributed by atoms with Crippen molar-refractivity contribution in [2.24, 2.45) is 0 Å². The highest BCUT2D eigenvalue weighted by atomic mass is 35.5. The number of hydrogen-bond acceptors (Lipinski definition) is 4. The van der Waals surface area contributed by atoms with Crippen LogP contribution in [0.4, 0.5) is 5.69 Å². The lowest BCUT2D eigenvalue weighted by atomic mass is 10.2. The van der Waals surface area contributed by atoms with Gasteiger partial charge in [0.2, 0.25) is 0 Å². The Morgan fingerprint density at radius 3 is 3.00 bits per heavy atom. The van der Waals surface area contributed by atoms with E-state index in [4.69, 9.17) is 11.6 Å². The number of nitrogens with zero attached hydrogens (tertiary/aromatic N) is 2. The van der Waals surface area contributed by atoms with Crippen molar-refractivity contribution in [3.63, 3.8) is 0 Å². The van der Waals surface area contributed by atoms with Gasteiger partial charge in [0.25, 0.3) is 0 Å². The molecule has 0 fully saturated rings. The van der Waals surface area contributed by atoms with E-state index in [2.05, 4.69) is 22.2 Å². The van der Waals surface area contributed by atoms with Crippen molar-refractivity contribution in [3.05, 3.63) is 51.6 Å². The molecule has 0 atom stereocenters. The van der Waals surface area contributed by atoms with Gasteiger partial charge in [-0.15, -0.1) is 11.3 Å². The zero-order chi connectivity index (χ0) is 13.9. The number of aryl methyl sites for hydroxylation is 1. The van der Waals surface area contributed by atoms with E-state index < -0.39 is 0 Å². The van der Waals surface area contributed by atoms with Crippen LogP contribution in [0, 0.1) is 0 Å². The Morgan fingerprint density at radius 1 is 1.30 bits per heavy atom. The molecule has 20 heavy (non-hydrogen) atoms. The highest BCUT2D eigenvalue weighted by Gasteiger charge is 2.05. The van der Waals surface area contributed by atoms with Gasteiger partial charge < -0.3 is 5.32 Å². The average molecular weight is 304 g/mol. The monoisotopic (exact) mass is 303 g/mol. The van der Waals surface area contributed by atoms with Crippen molar-refractivity contribution < 1.29 is 0 Å². The third-order valence-electron chi connectivity index (χ3n) is 3.03. The van der Waals surface area contributed by atoms with Crippen LogP contribution in [0.3, 0.4) is 0 Å². The third-order valence-corrected chi connectivity index (χ3v) is 4.39. The molecule has 0 saturated heterocycles. The zero-order valence-electron chi connectivity index (χ0n) is 11.1. The number of aromatic nitrogens is 2. The minimum Gasteiger partial charge on any atom is -0.378 e. The molecule has 0 aliphatic heterocycles. The van der Waals surface area contributed by atoms with E-state index in [1.807, 2.05) is 30.5 Å². The molecular weight excluding hydrogens is 290 g/mol. The van der Waals surface area contributed by atoms with E-state index in [0.717, 1.165) is 34.6 Å². The fourth-order valence-electron chi connectivity index (χ4n) is 2.07. The molecule has 3 rings (SSSR count). The van der Waals surface area contributed by atoms with Gasteiger partial charge in [-0.2, -0.15) is 0 Å². The molecule has 0 aliphatic carbocycles. The molecule has 102 valence electrons. The summed E-state index contributed by atoms with van der Waals surface area (Å²) in [4.78, 5) is 10.0. The van der Waals surface area contributed by atoms with Crippen molar-refractivity contribution in [2.45, 2.75) is 19.9 Å². The van der Waals surface area contributed by atoms with E-state index in [1.165, 1.54) is 4.88 Å². The van der Waals surface area contributed by atoms with Crippen LogP contribution in [-0.2, 0) is 13.0 Å². The summed E-state index contributed by atoms with van der Waals surface area (Å²) >= 11 is 7.89. The van der Waals surface area contributed by atoms with Gasteiger partial charge in [-0.05, 0) is 24.6 Å². The number of anilines is 1. The van der Waals surface area contributed by atoms with Crippen LogP contribution in [0.15, 0.2) is 36.7 Å². The van der Waals surface area contributed by atoms with Crippen LogP contribution < -0.4 is 5.32 Å². The maximum atomic E-state index is 6.15. The molecule has 1 aromatic carbocycles. The second kappa shape index (κ2) is 5.77. The summed E-state index contributed by atoms with van der Waals surface area (Å²) in [6.07, 6.45) is 4.70. The predicted molar refractivity (Wildman–Crippen MR) is 85.6 cm³/mol. The van der Waals surface area contributed by atoms with Crippen LogP contribution in [0.1, 0.15) is 16.8 Å². The molecule has 0 saturated carbocycles. The maximum Gasteiger partial charge on any atom is 0.0934 e. The Hall–Kier alpha value is -1.65. The smallest absolute Gasteiger partial charge is 0.0934 e. The summed E-state index contributed by atoms with van der Waals surface area (Å²) in [5.41, 5.74) is 1.90. The van der Waals surface area contributed by atoms with E-state index in [-0.39, 0.29) is 0 Å². The van der Waals surface area contributed by atoms with Crippen molar-refractivity contribution in [1.29, 1.82) is 0 Å². The van der Waals surface area contributed by atoms with Crippen LogP contribution in [0.5, 0.6) is 0 Å². The van der Waals surface area contributed by atoms with Gasteiger partial charge in [0.15, 0.2) is 0 Å². The minimum absolute atomic E-state index is 0.714. The van der Waals surface area contributed by atoms with Gasteiger partial charge >= 0.3 is 0 Å². The first-order valence-electron chi connectivity index (χ1n) is 6.48. The van der Waals surface area contributed by atoms with Crippen LogP contribution >= 0.6 is 22.9 Å². The van der Waals surface area contributed by atoms with Crippen molar-refractivity contribution in [3.8, 4) is 0 Å². The summed E-state index contributed by atoms with van der Waals surface area (Å²) in [5.74, 6) is 0. The molecule has 2 heterocycles. The lowest BCUT2D eigenvalue weighted by molar-refractivity contribution is 1.09. The molecule has 0 aliphatic rings. The molecule has 0 unspecified atom stereocenters. The third kappa shape index (κ3) is 2.76. The van der Waals surface area contributed by atoms with Gasteiger partial charge in [-0.1, -0.05) is 24.6 Å². The van der Waals surface area contributed by atoms with Crippen molar-refractivity contribution in [2.75, 3.05) is 5.32 Å². The Kier molecular flexibility index (Phi) is 3.85. The number of pyridine rings is 1. The quantitative estimate of drug-likeness (QED) is 0.770. The van der Waals surface area contributed by atoms with Crippen LogP contribution in [0.25, 0.3) is 10.9 Å². The predicted octanol–water partition coefficient (Wildman–Crippen LogP) is 4.52. The number of rotatable bonds is 4. The molecule has 0 radical (unpaired) electrons. The van der Waals surface area contributed by atoms with Gasteiger partial charge in [0, 0.05) is 27.7 Å². The van der Waals surface area contributed by atoms with Gasteiger partial charge in [-0.25, -0.2) is 4.98 Å². The largest absolute Gasteiger partial charge is 0.378 e. The highest BCUT2D eigenvalue weighted by Crippen LogP contribution is 2.27. The number of hydrogen-bond donors (Lipinski definition) is 1. The van der Waals surface area contributed by atoms with E-state index in [9.17, 15) is 0 Å². The molecule has 0 amide bonds. The number of nitrogens with one attached hydrogen (secondary N) is 1. The lowest BCUT2D eigenvalue weighted by Crippen LogP contribution is -1.99. The van der Waals surface area contributed by atoms with Crippen LogP contribution in [0.2, 0.25) is 5.02 Å².